The number of aromatic amines is 1. The standard InChI is InChI=1S/C18H18FN5O2/c1-7-16-13(17(26-3)8(2)23-7)12(15(22)18(25)24-16)9-4-5-11(19)14(21)10(9)6-20/h4-6,20H,21-22H2,1-3H3,(H,24,25). The van der Waals surface area contributed by atoms with E-state index in [1.54, 1.807) is 13.8 Å². The molecule has 0 atom stereocenters. The lowest BCUT2D eigenvalue weighted by molar-refractivity contribution is 0.414. The molecule has 7 nitrogen and oxygen atoms in total. The van der Waals surface area contributed by atoms with Crippen LogP contribution in [0.1, 0.15) is 17.0 Å². The van der Waals surface area contributed by atoms with E-state index in [9.17, 15) is 9.18 Å². The number of aryl methyl sites for hydroxylation is 2. The van der Waals surface area contributed by atoms with Crippen molar-refractivity contribution in [3.63, 3.8) is 0 Å². The molecule has 134 valence electrons. The summed E-state index contributed by atoms with van der Waals surface area (Å²) in [6, 6.07) is 2.62. The van der Waals surface area contributed by atoms with Gasteiger partial charge in [0.1, 0.15) is 17.3 Å². The number of hydrogen-bond donors (Lipinski definition) is 4. The summed E-state index contributed by atoms with van der Waals surface area (Å²) in [5.41, 5.74) is 13.6. The van der Waals surface area contributed by atoms with E-state index >= 15 is 0 Å². The summed E-state index contributed by atoms with van der Waals surface area (Å²) >= 11 is 0. The molecule has 0 saturated carbocycles. The first-order valence-corrected chi connectivity index (χ1v) is 7.77. The molecule has 3 rings (SSSR count). The Hall–Kier alpha value is -3.42. The predicted molar refractivity (Wildman–Crippen MR) is 100 cm³/mol. The fraction of sp³-hybridized carbons (Fsp3) is 0.167. The lowest BCUT2D eigenvalue weighted by Gasteiger charge is -2.18. The number of anilines is 2. The first-order valence-electron chi connectivity index (χ1n) is 7.77. The molecule has 0 aliphatic carbocycles. The third-order valence-electron chi connectivity index (χ3n) is 4.36. The van der Waals surface area contributed by atoms with Crippen molar-refractivity contribution in [3.05, 3.63) is 45.3 Å². The van der Waals surface area contributed by atoms with E-state index in [0.717, 1.165) is 6.21 Å². The molecule has 8 heteroatoms. The van der Waals surface area contributed by atoms with E-state index < -0.39 is 11.4 Å². The number of nitrogen functional groups attached to an aromatic ring is 2. The van der Waals surface area contributed by atoms with Gasteiger partial charge in [0.15, 0.2) is 0 Å². The number of methoxy groups -OCH3 is 1. The van der Waals surface area contributed by atoms with Gasteiger partial charge in [-0.2, -0.15) is 0 Å². The van der Waals surface area contributed by atoms with E-state index in [1.165, 1.54) is 19.2 Å². The molecule has 0 unspecified atom stereocenters. The third kappa shape index (κ3) is 2.38. The van der Waals surface area contributed by atoms with E-state index in [-0.39, 0.29) is 16.9 Å². The van der Waals surface area contributed by atoms with Crippen LogP contribution >= 0.6 is 0 Å². The summed E-state index contributed by atoms with van der Waals surface area (Å²) in [6.07, 6.45) is 0.938. The zero-order valence-corrected chi connectivity index (χ0v) is 14.5. The van der Waals surface area contributed by atoms with Crippen molar-refractivity contribution in [2.24, 2.45) is 0 Å². The van der Waals surface area contributed by atoms with Gasteiger partial charge in [-0.15, -0.1) is 0 Å². The topological polar surface area (TPSA) is 131 Å². The Kier molecular flexibility index (Phi) is 4.11. The van der Waals surface area contributed by atoms with Gasteiger partial charge in [0.25, 0.3) is 5.56 Å². The third-order valence-corrected chi connectivity index (χ3v) is 4.36. The maximum Gasteiger partial charge on any atom is 0.272 e. The first kappa shape index (κ1) is 17.4. The van der Waals surface area contributed by atoms with Crippen molar-refractivity contribution in [1.82, 2.24) is 9.97 Å². The van der Waals surface area contributed by atoms with Crippen LogP contribution in [0.3, 0.4) is 0 Å². The molecule has 3 aromatic rings. The molecule has 0 radical (unpaired) electrons. The minimum atomic E-state index is -0.652. The van der Waals surface area contributed by atoms with Crippen molar-refractivity contribution in [2.75, 3.05) is 18.6 Å². The maximum atomic E-state index is 13.9. The van der Waals surface area contributed by atoms with Crippen LogP contribution in [0.2, 0.25) is 0 Å². The SMILES string of the molecule is COc1c(C)nc(C)c2[nH]c(=O)c(N)c(-c3ccc(F)c(N)c3C=N)c12. The summed E-state index contributed by atoms with van der Waals surface area (Å²) in [5.74, 6) is -0.219. The van der Waals surface area contributed by atoms with Crippen LogP contribution in [0.4, 0.5) is 15.8 Å². The minimum Gasteiger partial charge on any atom is -0.494 e. The zero-order valence-electron chi connectivity index (χ0n) is 14.5. The number of halogens is 1. The second-order valence-electron chi connectivity index (χ2n) is 5.88. The lowest BCUT2D eigenvalue weighted by atomic mass is 9.93. The summed E-state index contributed by atoms with van der Waals surface area (Å²) < 4.78 is 19.4. The number of ether oxygens (including phenoxy) is 1. The van der Waals surface area contributed by atoms with Gasteiger partial charge in [-0.25, -0.2) is 4.39 Å². The van der Waals surface area contributed by atoms with Crippen LogP contribution in [0.15, 0.2) is 16.9 Å². The number of pyridine rings is 2. The normalized spacial score (nSPS) is 10.9. The fourth-order valence-corrected chi connectivity index (χ4v) is 3.17. The average Bonchev–Trinajstić information content (AvgIpc) is 2.60. The van der Waals surface area contributed by atoms with Gasteiger partial charge in [-0.1, -0.05) is 6.07 Å². The number of nitrogens with two attached hydrogens (primary N) is 2. The summed E-state index contributed by atoms with van der Waals surface area (Å²) in [6.45, 7) is 3.52. The molecule has 0 amide bonds. The highest BCUT2D eigenvalue weighted by Crippen LogP contribution is 2.41. The molecular formula is C18H18FN5O2. The quantitative estimate of drug-likeness (QED) is 0.423. The van der Waals surface area contributed by atoms with Gasteiger partial charge in [0, 0.05) is 17.3 Å². The molecular weight excluding hydrogens is 337 g/mol. The molecule has 2 aromatic heterocycles. The second kappa shape index (κ2) is 6.14. The first-order chi connectivity index (χ1) is 12.3. The Balaban J connectivity index is 2.64. The Morgan fingerprint density at radius 1 is 1.23 bits per heavy atom. The van der Waals surface area contributed by atoms with Gasteiger partial charge >= 0.3 is 0 Å². The number of nitrogens with zero attached hydrogens (tertiary/aromatic N) is 1. The molecule has 2 heterocycles. The Bertz CT molecular complexity index is 1120. The highest BCUT2D eigenvalue weighted by Gasteiger charge is 2.22. The smallest absolute Gasteiger partial charge is 0.272 e. The molecule has 0 aliphatic heterocycles. The minimum absolute atomic E-state index is 0.0742. The van der Waals surface area contributed by atoms with Crippen molar-refractivity contribution in [1.29, 1.82) is 5.41 Å². The van der Waals surface area contributed by atoms with E-state index in [1.807, 2.05) is 0 Å². The predicted octanol–water partition coefficient (Wildman–Crippen LogP) is 2.52. The van der Waals surface area contributed by atoms with Crippen LogP contribution in [0.25, 0.3) is 22.0 Å². The Labute approximate surface area is 148 Å². The number of hydrogen-bond acceptors (Lipinski definition) is 6. The van der Waals surface area contributed by atoms with E-state index in [4.69, 9.17) is 21.6 Å². The van der Waals surface area contributed by atoms with Crippen LogP contribution in [-0.4, -0.2) is 23.3 Å². The molecule has 0 aliphatic rings. The second-order valence-corrected chi connectivity index (χ2v) is 5.88. The Morgan fingerprint density at radius 2 is 1.92 bits per heavy atom. The van der Waals surface area contributed by atoms with Crippen LogP contribution in [0.5, 0.6) is 5.75 Å². The van der Waals surface area contributed by atoms with Crippen molar-refractivity contribution in [3.8, 4) is 16.9 Å². The number of benzene rings is 1. The van der Waals surface area contributed by atoms with Gasteiger partial charge < -0.3 is 26.6 Å². The number of aromatic nitrogens is 2. The molecule has 26 heavy (non-hydrogen) atoms. The van der Waals surface area contributed by atoms with Crippen LogP contribution < -0.4 is 21.8 Å². The molecule has 6 N–H and O–H groups in total. The summed E-state index contributed by atoms with van der Waals surface area (Å²) in [5, 5.41) is 8.18. The van der Waals surface area contributed by atoms with Crippen LogP contribution in [-0.2, 0) is 0 Å². The highest BCUT2D eigenvalue weighted by molar-refractivity contribution is 6.09. The van der Waals surface area contributed by atoms with Gasteiger partial charge in [0.2, 0.25) is 0 Å². The summed E-state index contributed by atoms with van der Waals surface area (Å²) in [7, 11) is 1.49. The van der Waals surface area contributed by atoms with Crippen LogP contribution in [0, 0.1) is 25.1 Å². The molecule has 0 fully saturated rings. The molecule has 0 saturated heterocycles. The van der Waals surface area contributed by atoms with Crippen molar-refractivity contribution < 1.29 is 9.13 Å². The molecule has 0 bridgehead atoms. The fourth-order valence-electron chi connectivity index (χ4n) is 3.17. The van der Waals surface area contributed by atoms with Gasteiger partial charge in [-0.3, -0.25) is 9.78 Å². The number of nitrogens with one attached hydrogen (secondary N) is 2. The monoisotopic (exact) mass is 355 g/mol. The summed E-state index contributed by atoms with van der Waals surface area (Å²) in [4.78, 5) is 19.5. The lowest BCUT2D eigenvalue weighted by Crippen LogP contribution is -2.16. The van der Waals surface area contributed by atoms with E-state index in [0.29, 0.717) is 39.2 Å². The maximum absolute atomic E-state index is 13.9. The van der Waals surface area contributed by atoms with Crippen molar-refractivity contribution >= 4 is 28.5 Å². The van der Waals surface area contributed by atoms with Gasteiger partial charge in [-0.05, 0) is 25.5 Å². The molecule has 0 spiro atoms. The number of fused-ring (bicyclic) bond motifs is 1. The largest absolute Gasteiger partial charge is 0.494 e. The van der Waals surface area contributed by atoms with Crippen molar-refractivity contribution in [2.45, 2.75) is 13.8 Å². The highest BCUT2D eigenvalue weighted by atomic mass is 19.1. The average molecular weight is 355 g/mol. The van der Waals surface area contributed by atoms with Gasteiger partial charge in [0.05, 0.1) is 35.1 Å². The van der Waals surface area contributed by atoms with E-state index in [2.05, 4.69) is 9.97 Å². The molecule has 1 aromatic carbocycles. The number of rotatable bonds is 3. The zero-order chi connectivity index (χ0) is 19.2. The number of H-pyrrole nitrogens is 1. The Morgan fingerprint density at radius 3 is 2.54 bits per heavy atom.